The molecule has 1 aliphatic heterocycles. The number of nitrogens with one attached hydrogen (secondary N) is 2. The highest BCUT2D eigenvalue weighted by Crippen LogP contribution is 2.18. The second kappa shape index (κ2) is 7.51. The SMILES string of the molecule is Cc1nc2nc[nH]n2c(=O)c1CCC(=O)N1CCNC(c2ccc(F)cc2)C1. The molecule has 1 aliphatic rings. The van der Waals surface area contributed by atoms with Crippen molar-refractivity contribution < 1.29 is 9.18 Å². The van der Waals surface area contributed by atoms with Crippen LogP contribution in [0.15, 0.2) is 35.4 Å². The molecule has 0 saturated carbocycles. The molecule has 1 fully saturated rings. The summed E-state index contributed by atoms with van der Waals surface area (Å²) in [7, 11) is 0. The van der Waals surface area contributed by atoms with Gasteiger partial charge in [0.15, 0.2) is 0 Å². The lowest BCUT2D eigenvalue weighted by Gasteiger charge is -2.34. The summed E-state index contributed by atoms with van der Waals surface area (Å²) in [5.41, 5.74) is 1.83. The molecular formula is C19H21FN6O2. The van der Waals surface area contributed by atoms with E-state index in [2.05, 4.69) is 20.4 Å². The zero-order valence-corrected chi connectivity index (χ0v) is 15.5. The minimum atomic E-state index is -0.281. The summed E-state index contributed by atoms with van der Waals surface area (Å²) < 4.78 is 14.4. The molecule has 8 nitrogen and oxygen atoms in total. The number of halogens is 1. The third-order valence-electron chi connectivity index (χ3n) is 5.12. The highest BCUT2D eigenvalue weighted by Gasteiger charge is 2.24. The van der Waals surface area contributed by atoms with Gasteiger partial charge in [0.05, 0.1) is 5.69 Å². The number of hydrogen-bond acceptors (Lipinski definition) is 5. The summed E-state index contributed by atoms with van der Waals surface area (Å²) in [6.07, 6.45) is 1.96. The molecule has 0 aliphatic carbocycles. The van der Waals surface area contributed by atoms with E-state index in [0.29, 0.717) is 43.1 Å². The lowest BCUT2D eigenvalue weighted by Crippen LogP contribution is -2.48. The first-order valence-corrected chi connectivity index (χ1v) is 9.21. The van der Waals surface area contributed by atoms with Crippen molar-refractivity contribution >= 4 is 11.7 Å². The van der Waals surface area contributed by atoms with E-state index in [1.165, 1.54) is 23.0 Å². The Kier molecular flexibility index (Phi) is 4.91. The lowest BCUT2D eigenvalue weighted by molar-refractivity contribution is -0.132. The number of carbonyl (C=O) groups is 1. The molecule has 2 aromatic heterocycles. The largest absolute Gasteiger partial charge is 0.340 e. The van der Waals surface area contributed by atoms with Gasteiger partial charge in [0.25, 0.3) is 11.3 Å². The number of aromatic nitrogens is 4. The van der Waals surface area contributed by atoms with Crippen LogP contribution in [-0.2, 0) is 11.2 Å². The quantitative estimate of drug-likeness (QED) is 0.699. The van der Waals surface area contributed by atoms with Crippen LogP contribution in [0.1, 0.15) is 29.3 Å². The highest BCUT2D eigenvalue weighted by molar-refractivity contribution is 5.76. The molecule has 1 unspecified atom stereocenters. The van der Waals surface area contributed by atoms with Gasteiger partial charge in [-0.2, -0.15) is 4.52 Å². The summed E-state index contributed by atoms with van der Waals surface area (Å²) in [5.74, 6) is 0.0286. The molecule has 0 spiro atoms. The van der Waals surface area contributed by atoms with Crippen molar-refractivity contribution in [3.8, 4) is 0 Å². The number of H-pyrrole nitrogens is 1. The number of hydrogen-bond donors (Lipinski definition) is 2. The molecule has 3 aromatic rings. The third kappa shape index (κ3) is 3.53. The van der Waals surface area contributed by atoms with Crippen LogP contribution in [0.4, 0.5) is 4.39 Å². The fraction of sp³-hybridized carbons (Fsp3) is 0.368. The van der Waals surface area contributed by atoms with Gasteiger partial charge in [-0.1, -0.05) is 12.1 Å². The zero-order chi connectivity index (χ0) is 19.7. The molecule has 146 valence electrons. The van der Waals surface area contributed by atoms with Crippen molar-refractivity contribution in [2.24, 2.45) is 0 Å². The molecule has 0 bridgehead atoms. The Bertz CT molecular complexity index is 1060. The van der Waals surface area contributed by atoms with Gasteiger partial charge in [-0.25, -0.2) is 14.4 Å². The number of benzene rings is 1. The summed E-state index contributed by atoms with van der Waals surface area (Å²) in [6, 6.07) is 6.28. The normalized spacial score (nSPS) is 17.2. The number of aryl methyl sites for hydroxylation is 1. The van der Waals surface area contributed by atoms with Crippen LogP contribution in [0.5, 0.6) is 0 Å². The number of nitrogens with zero attached hydrogens (tertiary/aromatic N) is 4. The van der Waals surface area contributed by atoms with Crippen molar-refractivity contribution in [3.05, 3.63) is 63.6 Å². The Morgan fingerprint density at radius 1 is 1.32 bits per heavy atom. The van der Waals surface area contributed by atoms with E-state index in [4.69, 9.17) is 0 Å². The van der Waals surface area contributed by atoms with E-state index in [1.807, 2.05) is 0 Å². The van der Waals surface area contributed by atoms with Gasteiger partial charge < -0.3 is 10.2 Å². The molecule has 1 saturated heterocycles. The lowest BCUT2D eigenvalue weighted by atomic mass is 10.0. The van der Waals surface area contributed by atoms with E-state index in [9.17, 15) is 14.0 Å². The van der Waals surface area contributed by atoms with Crippen molar-refractivity contribution in [3.63, 3.8) is 0 Å². The molecular weight excluding hydrogens is 363 g/mol. The average Bonchev–Trinajstić information content (AvgIpc) is 3.17. The molecule has 2 N–H and O–H groups in total. The molecule has 0 radical (unpaired) electrons. The fourth-order valence-electron chi connectivity index (χ4n) is 3.57. The zero-order valence-electron chi connectivity index (χ0n) is 15.5. The van der Waals surface area contributed by atoms with Gasteiger partial charge >= 0.3 is 0 Å². The molecule has 1 atom stereocenters. The van der Waals surface area contributed by atoms with Gasteiger partial charge in [-0.15, -0.1) is 0 Å². The molecule has 3 heterocycles. The topological polar surface area (TPSA) is 95.4 Å². The summed E-state index contributed by atoms with van der Waals surface area (Å²) in [4.78, 5) is 35.4. The van der Waals surface area contributed by atoms with E-state index in [0.717, 1.165) is 5.56 Å². The number of fused-ring (bicyclic) bond motifs is 1. The summed E-state index contributed by atoms with van der Waals surface area (Å²) >= 11 is 0. The van der Waals surface area contributed by atoms with E-state index in [1.54, 1.807) is 24.0 Å². The van der Waals surface area contributed by atoms with Crippen LogP contribution in [-0.4, -0.2) is 50.0 Å². The van der Waals surface area contributed by atoms with Crippen molar-refractivity contribution in [1.82, 2.24) is 29.8 Å². The Labute approximate surface area is 160 Å². The van der Waals surface area contributed by atoms with Gasteiger partial charge in [0, 0.05) is 37.7 Å². The van der Waals surface area contributed by atoms with E-state index < -0.39 is 0 Å². The van der Waals surface area contributed by atoms with Crippen molar-refractivity contribution in [2.75, 3.05) is 19.6 Å². The minimum Gasteiger partial charge on any atom is -0.340 e. The molecule has 28 heavy (non-hydrogen) atoms. The minimum absolute atomic E-state index is 0.0119. The predicted octanol–water partition coefficient (Wildman–Crippen LogP) is 0.971. The van der Waals surface area contributed by atoms with Gasteiger partial charge in [0.2, 0.25) is 5.91 Å². The van der Waals surface area contributed by atoms with Crippen molar-refractivity contribution in [2.45, 2.75) is 25.8 Å². The van der Waals surface area contributed by atoms with Crippen LogP contribution >= 0.6 is 0 Å². The number of carbonyl (C=O) groups excluding carboxylic acids is 1. The Balaban J connectivity index is 1.44. The van der Waals surface area contributed by atoms with E-state index in [-0.39, 0.29) is 29.7 Å². The Morgan fingerprint density at radius 2 is 2.11 bits per heavy atom. The van der Waals surface area contributed by atoms with Crippen LogP contribution in [0, 0.1) is 12.7 Å². The monoisotopic (exact) mass is 384 g/mol. The first kappa shape index (κ1) is 18.3. The molecule has 1 amide bonds. The van der Waals surface area contributed by atoms with Crippen LogP contribution < -0.4 is 10.9 Å². The molecule has 4 rings (SSSR count). The maximum absolute atomic E-state index is 13.1. The average molecular weight is 384 g/mol. The third-order valence-corrected chi connectivity index (χ3v) is 5.12. The van der Waals surface area contributed by atoms with E-state index >= 15 is 0 Å². The Hall–Kier alpha value is -3.07. The Morgan fingerprint density at radius 3 is 2.89 bits per heavy atom. The number of aromatic amines is 1. The predicted molar refractivity (Wildman–Crippen MR) is 100 cm³/mol. The molecule has 1 aromatic carbocycles. The first-order chi connectivity index (χ1) is 13.5. The van der Waals surface area contributed by atoms with Crippen LogP contribution in [0.25, 0.3) is 5.78 Å². The maximum atomic E-state index is 13.1. The smallest absolute Gasteiger partial charge is 0.277 e. The van der Waals surface area contributed by atoms with Gasteiger partial charge in [-0.3, -0.25) is 14.7 Å². The number of amides is 1. The fourth-order valence-corrected chi connectivity index (χ4v) is 3.57. The second-order valence-electron chi connectivity index (χ2n) is 6.90. The second-order valence-corrected chi connectivity index (χ2v) is 6.90. The van der Waals surface area contributed by atoms with Crippen molar-refractivity contribution in [1.29, 1.82) is 0 Å². The first-order valence-electron chi connectivity index (χ1n) is 9.21. The number of rotatable bonds is 4. The maximum Gasteiger partial charge on any atom is 0.277 e. The van der Waals surface area contributed by atoms with Crippen LogP contribution in [0.2, 0.25) is 0 Å². The summed E-state index contributed by atoms with van der Waals surface area (Å²) in [6.45, 7) is 3.54. The van der Waals surface area contributed by atoms with Gasteiger partial charge in [0.1, 0.15) is 12.1 Å². The number of piperazine rings is 1. The summed E-state index contributed by atoms with van der Waals surface area (Å²) in [5, 5.41) is 6.09. The molecule has 9 heteroatoms. The standard InChI is InChI=1S/C19H21FN6O2/c1-12-15(18(28)26-19(24-12)22-11-23-26)6-7-17(27)25-9-8-21-16(10-25)13-2-4-14(20)5-3-13/h2-5,11,16,21H,6-10H2,1H3,(H,22,23,24). The van der Waals surface area contributed by atoms with Crippen LogP contribution in [0.3, 0.4) is 0 Å². The van der Waals surface area contributed by atoms with Gasteiger partial charge in [-0.05, 0) is 31.0 Å². The highest BCUT2D eigenvalue weighted by atomic mass is 19.1.